The van der Waals surface area contributed by atoms with Gasteiger partial charge >= 0.3 is 5.97 Å². The Hall–Kier alpha value is -1.49. The maximum Gasteiger partial charge on any atom is 0.306 e. The van der Waals surface area contributed by atoms with E-state index in [0.717, 1.165) is 31.4 Å². The van der Waals surface area contributed by atoms with Crippen LogP contribution in [0.1, 0.15) is 88.7 Å². The highest BCUT2D eigenvalue weighted by atomic mass is 19.2. The van der Waals surface area contributed by atoms with E-state index in [1.807, 2.05) is 19.9 Å². The van der Waals surface area contributed by atoms with Crippen LogP contribution in [0.5, 0.6) is 0 Å². The summed E-state index contributed by atoms with van der Waals surface area (Å²) in [4.78, 5) is 12.0. The minimum Gasteiger partial charge on any atom is -0.466 e. The predicted molar refractivity (Wildman–Crippen MR) is 115 cm³/mol. The number of carbonyl (C=O) groups is 1. The summed E-state index contributed by atoms with van der Waals surface area (Å²) in [6, 6.07) is 3.45. The maximum absolute atomic E-state index is 14.3. The number of hydrogen-bond acceptors (Lipinski definition) is 3. The fourth-order valence-corrected chi connectivity index (χ4v) is 5.36. The van der Waals surface area contributed by atoms with Gasteiger partial charge in [-0.2, -0.15) is 0 Å². The summed E-state index contributed by atoms with van der Waals surface area (Å²) in [6.07, 6.45) is 10.1. The molecule has 1 aromatic rings. The average molecular weight is 422 g/mol. The molecule has 3 rings (SSSR count). The molecule has 3 nitrogen and oxygen atoms in total. The monoisotopic (exact) mass is 421 g/mol. The first kappa shape index (κ1) is 23.2. The predicted octanol–water partition coefficient (Wildman–Crippen LogP) is 5.90. The van der Waals surface area contributed by atoms with Crippen LogP contribution in [0.15, 0.2) is 12.1 Å². The molecule has 2 aliphatic rings. The zero-order chi connectivity index (χ0) is 21.5. The number of ether oxygens (including phenoxy) is 1. The van der Waals surface area contributed by atoms with Crippen molar-refractivity contribution in [2.24, 2.45) is 11.8 Å². The molecule has 0 radical (unpaired) electrons. The highest BCUT2D eigenvalue weighted by Gasteiger charge is 2.34. The molecule has 2 aliphatic carbocycles. The molecule has 0 amide bonds. The minimum atomic E-state index is -0.761. The van der Waals surface area contributed by atoms with Crippen LogP contribution in [0, 0.1) is 23.5 Å². The van der Waals surface area contributed by atoms with E-state index in [1.165, 1.54) is 38.2 Å². The van der Waals surface area contributed by atoms with Gasteiger partial charge in [0.2, 0.25) is 0 Å². The second-order valence-electron chi connectivity index (χ2n) is 9.14. The van der Waals surface area contributed by atoms with Gasteiger partial charge in [-0.05, 0) is 86.9 Å². The van der Waals surface area contributed by atoms with Crippen molar-refractivity contribution in [3.63, 3.8) is 0 Å². The summed E-state index contributed by atoms with van der Waals surface area (Å²) < 4.78 is 33.6. The highest BCUT2D eigenvalue weighted by molar-refractivity contribution is 5.69. The molecular weight excluding hydrogens is 384 g/mol. The van der Waals surface area contributed by atoms with E-state index in [2.05, 4.69) is 5.32 Å². The first-order chi connectivity index (χ1) is 14.5. The number of esters is 1. The number of rotatable bonds is 8. The summed E-state index contributed by atoms with van der Waals surface area (Å²) in [5.74, 6) is -0.626. The quantitative estimate of drug-likeness (QED) is 0.531. The van der Waals surface area contributed by atoms with Gasteiger partial charge in [0.1, 0.15) is 0 Å². The van der Waals surface area contributed by atoms with E-state index >= 15 is 0 Å². The summed E-state index contributed by atoms with van der Waals surface area (Å²) in [7, 11) is 0. The van der Waals surface area contributed by atoms with Crippen LogP contribution in [0.4, 0.5) is 8.78 Å². The molecular formula is C25H37F2NO2. The normalized spacial score (nSPS) is 25.3. The van der Waals surface area contributed by atoms with Crippen molar-refractivity contribution < 1.29 is 18.3 Å². The smallest absolute Gasteiger partial charge is 0.306 e. The molecule has 0 saturated heterocycles. The van der Waals surface area contributed by atoms with Gasteiger partial charge in [-0.15, -0.1) is 0 Å². The first-order valence-electron chi connectivity index (χ1n) is 11.9. The van der Waals surface area contributed by atoms with E-state index in [4.69, 9.17) is 4.74 Å². The van der Waals surface area contributed by atoms with Crippen LogP contribution in [0.2, 0.25) is 0 Å². The Bertz CT molecular complexity index is 703. The fourth-order valence-electron chi connectivity index (χ4n) is 5.36. The molecule has 0 unspecified atom stereocenters. The third-order valence-electron chi connectivity index (χ3n) is 7.05. The summed E-state index contributed by atoms with van der Waals surface area (Å²) in [5.41, 5.74) is 1.30. The molecule has 3 atom stereocenters. The number of hydrogen-bond donors (Lipinski definition) is 1. The van der Waals surface area contributed by atoms with E-state index < -0.39 is 11.6 Å². The van der Waals surface area contributed by atoms with Gasteiger partial charge in [-0.25, -0.2) is 8.78 Å². The lowest BCUT2D eigenvalue weighted by Crippen LogP contribution is -2.42. The topological polar surface area (TPSA) is 38.3 Å². The van der Waals surface area contributed by atoms with Gasteiger partial charge in [0, 0.05) is 12.5 Å². The van der Waals surface area contributed by atoms with Crippen molar-refractivity contribution in [2.75, 3.05) is 13.2 Å². The van der Waals surface area contributed by atoms with Crippen LogP contribution < -0.4 is 5.32 Å². The number of halogens is 2. The Morgan fingerprint density at radius 1 is 1.07 bits per heavy atom. The van der Waals surface area contributed by atoms with Crippen molar-refractivity contribution in [2.45, 2.75) is 90.0 Å². The minimum absolute atomic E-state index is 0.0853. The van der Waals surface area contributed by atoms with Crippen LogP contribution in [-0.2, 0) is 16.0 Å². The molecule has 0 aliphatic heterocycles. The molecule has 1 N–H and O–H groups in total. The summed E-state index contributed by atoms with van der Waals surface area (Å²) in [5, 5.41) is 3.78. The average Bonchev–Trinajstić information content (AvgIpc) is 2.75. The lowest BCUT2D eigenvalue weighted by atomic mass is 9.73. The molecule has 0 bridgehead atoms. The van der Waals surface area contributed by atoms with Crippen molar-refractivity contribution in [1.82, 2.24) is 5.32 Å². The van der Waals surface area contributed by atoms with E-state index in [9.17, 15) is 13.6 Å². The molecule has 30 heavy (non-hydrogen) atoms. The van der Waals surface area contributed by atoms with E-state index in [1.54, 1.807) is 0 Å². The molecule has 5 heteroatoms. The van der Waals surface area contributed by atoms with Gasteiger partial charge in [0.05, 0.1) is 6.61 Å². The fraction of sp³-hybridized carbons (Fsp3) is 0.720. The Kier molecular flexibility index (Phi) is 8.67. The number of carbonyl (C=O) groups excluding carboxylic acids is 1. The lowest BCUT2D eigenvalue weighted by Gasteiger charge is -2.38. The number of aryl methyl sites for hydroxylation is 1. The van der Waals surface area contributed by atoms with Crippen molar-refractivity contribution in [3.05, 3.63) is 34.9 Å². The lowest BCUT2D eigenvalue weighted by molar-refractivity contribution is -0.144. The zero-order valence-electron chi connectivity index (χ0n) is 18.5. The molecule has 0 aromatic heterocycles. The molecule has 0 spiro atoms. The van der Waals surface area contributed by atoms with E-state index in [0.29, 0.717) is 30.9 Å². The molecule has 2 saturated carbocycles. The van der Waals surface area contributed by atoms with Crippen LogP contribution >= 0.6 is 0 Å². The van der Waals surface area contributed by atoms with Crippen LogP contribution in [-0.4, -0.2) is 25.2 Å². The van der Waals surface area contributed by atoms with Crippen LogP contribution in [0.3, 0.4) is 0 Å². The first-order valence-corrected chi connectivity index (χ1v) is 11.9. The SMILES string of the molecule is CCOC(=O)C[C@@H]1CC[C@@H](NCC2CCCCC2)[C@H](c2cc(F)c(F)c(CC)c2)C1. The summed E-state index contributed by atoms with van der Waals surface area (Å²) >= 11 is 0. The highest BCUT2D eigenvalue weighted by Crippen LogP contribution is 2.39. The second kappa shape index (κ2) is 11.2. The van der Waals surface area contributed by atoms with E-state index in [-0.39, 0.29) is 23.8 Å². The molecule has 2 fully saturated rings. The number of nitrogens with one attached hydrogen (secondary N) is 1. The third-order valence-corrected chi connectivity index (χ3v) is 7.05. The Balaban J connectivity index is 1.75. The third kappa shape index (κ3) is 6.03. The zero-order valence-corrected chi connectivity index (χ0v) is 18.5. The van der Waals surface area contributed by atoms with Gasteiger partial charge in [0.25, 0.3) is 0 Å². The molecule has 168 valence electrons. The Labute approximate surface area is 180 Å². The van der Waals surface area contributed by atoms with Gasteiger partial charge < -0.3 is 10.1 Å². The maximum atomic E-state index is 14.3. The largest absolute Gasteiger partial charge is 0.466 e. The Morgan fingerprint density at radius 3 is 2.53 bits per heavy atom. The van der Waals surface area contributed by atoms with Crippen molar-refractivity contribution >= 4 is 5.97 Å². The van der Waals surface area contributed by atoms with Crippen molar-refractivity contribution in [3.8, 4) is 0 Å². The van der Waals surface area contributed by atoms with Gasteiger partial charge in [0.15, 0.2) is 11.6 Å². The second-order valence-corrected chi connectivity index (χ2v) is 9.14. The summed E-state index contributed by atoms with van der Waals surface area (Å²) in [6.45, 7) is 5.06. The Morgan fingerprint density at radius 2 is 1.83 bits per heavy atom. The molecule has 1 aromatic carbocycles. The standard InChI is InChI=1S/C25H37F2NO2/c1-3-19-14-20(15-22(26)25(19)27)21-12-18(13-24(29)30-4-2)10-11-23(21)28-16-17-8-6-5-7-9-17/h14-15,17-18,21,23,28H,3-13,16H2,1-2H3/t18-,21+,23-/m1/s1. The van der Waals surface area contributed by atoms with Crippen molar-refractivity contribution in [1.29, 1.82) is 0 Å². The molecule has 0 heterocycles. The van der Waals surface area contributed by atoms with Gasteiger partial charge in [-0.1, -0.05) is 32.3 Å². The van der Waals surface area contributed by atoms with Crippen LogP contribution in [0.25, 0.3) is 0 Å². The van der Waals surface area contributed by atoms with Gasteiger partial charge in [-0.3, -0.25) is 4.79 Å². The number of benzene rings is 1.